The van der Waals surface area contributed by atoms with Crippen LogP contribution < -0.4 is 9.47 Å². The Labute approximate surface area is 172 Å². The van der Waals surface area contributed by atoms with E-state index >= 15 is 0 Å². The standard InChI is InChI=1S/C21H22F4N2O3/c1-20(2,3)30-17(11-26)13-6-8-21(12-27,9-7-13)14-4-5-15(28-18(22)23)16(10-14)29-19(24)25/h4-5,10,18-19H,6-9H2,1-3H3. The van der Waals surface area contributed by atoms with E-state index < -0.39 is 35.7 Å². The van der Waals surface area contributed by atoms with Gasteiger partial charge in [-0.2, -0.15) is 28.1 Å². The zero-order valence-corrected chi connectivity index (χ0v) is 16.8. The summed E-state index contributed by atoms with van der Waals surface area (Å²) in [4.78, 5) is 0. The van der Waals surface area contributed by atoms with Gasteiger partial charge in [0.1, 0.15) is 11.7 Å². The SMILES string of the molecule is CC(C)(C)OC(C#N)=C1CCC(C#N)(c2ccc(OC(F)F)c(OC(F)F)c2)CC1. The van der Waals surface area contributed by atoms with Crippen LogP contribution in [0.15, 0.2) is 29.5 Å². The van der Waals surface area contributed by atoms with Crippen molar-refractivity contribution in [1.82, 2.24) is 0 Å². The average Bonchev–Trinajstić information content (AvgIpc) is 2.66. The van der Waals surface area contributed by atoms with Gasteiger partial charge < -0.3 is 14.2 Å². The second kappa shape index (κ2) is 9.25. The maximum atomic E-state index is 12.7. The molecule has 1 aliphatic carbocycles. The van der Waals surface area contributed by atoms with E-state index in [-0.39, 0.29) is 5.76 Å². The molecule has 0 heterocycles. The third-order valence-corrected chi connectivity index (χ3v) is 4.68. The predicted molar refractivity (Wildman–Crippen MR) is 98.9 cm³/mol. The van der Waals surface area contributed by atoms with Crippen LogP contribution in [0.4, 0.5) is 17.6 Å². The first-order chi connectivity index (χ1) is 14.0. The molecule has 30 heavy (non-hydrogen) atoms. The molecule has 0 amide bonds. The lowest BCUT2D eigenvalue weighted by Crippen LogP contribution is -2.29. The number of benzene rings is 1. The van der Waals surface area contributed by atoms with Crippen molar-refractivity contribution in [3.8, 4) is 23.6 Å². The minimum atomic E-state index is -3.24. The molecule has 1 aromatic rings. The highest BCUT2D eigenvalue weighted by atomic mass is 19.3. The van der Waals surface area contributed by atoms with Crippen molar-refractivity contribution in [2.75, 3.05) is 0 Å². The molecule has 0 aromatic heterocycles. The van der Waals surface area contributed by atoms with Crippen LogP contribution >= 0.6 is 0 Å². The number of ether oxygens (including phenoxy) is 3. The van der Waals surface area contributed by atoms with Gasteiger partial charge >= 0.3 is 13.2 Å². The zero-order chi connectivity index (χ0) is 22.5. The number of nitrogens with zero attached hydrogens (tertiary/aromatic N) is 2. The van der Waals surface area contributed by atoms with Crippen LogP contribution in [0, 0.1) is 22.7 Å². The molecular weight excluding hydrogens is 404 g/mol. The molecule has 0 spiro atoms. The average molecular weight is 426 g/mol. The summed E-state index contributed by atoms with van der Waals surface area (Å²) in [5.41, 5.74) is -0.462. The third kappa shape index (κ3) is 5.79. The molecule has 0 saturated heterocycles. The van der Waals surface area contributed by atoms with Crippen LogP contribution in [-0.2, 0) is 10.2 Å². The molecule has 0 radical (unpaired) electrons. The first-order valence-electron chi connectivity index (χ1n) is 9.26. The Bertz CT molecular complexity index is 870. The first kappa shape index (κ1) is 23.3. The summed E-state index contributed by atoms with van der Waals surface area (Å²) >= 11 is 0. The smallest absolute Gasteiger partial charge is 0.387 e. The van der Waals surface area contributed by atoms with Gasteiger partial charge in [-0.15, -0.1) is 0 Å². The van der Waals surface area contributed by atoms with E-state index in [0.29, 0.717) is 31.2 Å². The van der Waals surface area contributed by atoms with Gasteiger partial charge in [0.2, 0.25) is 0 Å². The molecule has 1 saturated carbocycles. The molecule has 0 unspecified atom stereocenters. The Morgan fingerprint density at radius 1 is 1.00 bits per heavy atom. The lowest BCUT2D eigenvalue weighted by Gasteiger charge is -2.33. The Morgan fingerprint density at radius 2 is 1.57 bits per heavy atom. The molecule has 9 heteroatoms. The highest BCUT2D eigenvalue weighted by Crippen LogP contribution is 2.44. The van der Waals surface area contributed by atoms with Gasteiger partial charge in [-0.25, -0.2) is 0 Å². The van der Waals surface area contributed by atoms with E-state index in [0.717, 1.165) is 17.7 Å². The van der Waals surface area contributed by atoms with Gasteiger partial charge in [-0.1, -0.05) is 6.07 Å². The van der Waals surface area contributed by atoms with Crippen molar-refractivity contribution in [1.29, 1.82) is 10.5 Å². The lowest BCUT2D eigenvalue weighted by atomic mass is 9.69. The molecule has 1 aromatic carbocycles. The quantitative estimate of drug-likeness (QED) is 0.326. The minimum absolute atomic E-state index is 0.219. The van der Waals surface area contributed by atoms with Crippen LogP contribution in [0.25, 0.3) is 0 Å². The van der Waals surface area contributed by atoms with Gasteiger partial charge in [-0.05, 0) is 69.7 Å². The second-order valence-corrected chi connectivity index (χ2v) is 7.87. The number of allylic oxidation sites excluding steroid dienone is 2. The van der Waals surface area contributed by atoms with Crippen molar-refractivity contribution in [3.63, 3.8) is 0 Å². The van der Waals surface area contributed by atoms with Crippen molar-refractivity contribution < 1.29 is 31.8 Å². The third-order valence-electron chi connectivity index (χ3n) is 4.68. The number of alkyl halides is 4. The predicted octanol–water partition coefficient (Wildman–Crippen LogP) is 5.82. The number of rotatable bonds is 6. The largest absolute Gasteiger partial charge is 0.478 e. The number of halogens is 4. The summed E-state index contributed by atoms with van der Waals surface area (Å²) in [5, 5.41) is 19.3. The van der Waals surface area contributed by atoms with Crippen LogP contribution in [0.1, 0.15) is 52.0 Å². The van der Waals surface area contributed by atoms with Crippen LogP contribution in [-0.4, -0.2) is 18.8 Å². The normalized spacial score (nSPS) is 19.2. The van der Waals surface area contributed by atoms with E-state index in [1.807, 2.05) is 20.8 Å². The highest BCUT2D eigenvalue weighted by molar-refractivity contribution is 5.48. The Balaban J connectivity index is 2.34. The number of hydrogen-bond donors (Lipinski definition) is 0. The fourth-order valence-corrected chi connectivity index (χ4v) is 3.34. The van der Waals surface area contributed by atoms with Crippen molar-refractivity contribution >= 4 is 0 Å². The van der Waals surface area contributed by atoms with Crippen LogP contribution in [0.5, 0.6) is 11.5 Å². The van der Waals surface area contributed by atoms with Gasteiger partial charge in [-0.3, -0.25) is 0 Å². The molecule has 0 atom stereocenters. The summed E-state index contributed by atoms with van der Waals surface area (Å²) in [5.74, 6) is -0.882. The zero-order valence-electron chi connectivity index (χ0n) is 16.8. The molecule has 162 valence electrons. The van der Waals surface area contributed by atoms with E-state index in [1.54, 1.807) is 0 Å². The van der Waals surface area contributed by atoms with Gasteiger partial charge in [0, 0.05) is 0 Å². The van der Waals surface area contributed by atoms with E-state index in [2.05, 4.69) is 21.6 Å². The Morgan fingerprint density at radius 3 is 2.03 bits per heavy atom. The van der Waals surface area contributed by atoms with Gasteiger partial charge in [0.25, 0.3) is 0 Å². The summed E-state index contributed by atoms with van der Waals surface area (Å²) in [6.45, 7) is -0.995. The molecule has 5 nitrogen and oxygen atoms in total. The molecule has 1 fully saturated rings. The highest BCUT2D eigenvalue weighted by Gasteiger charge is 2.37. The molecule has 0 aliphatic heterocycles. The van der Waals surface area contributed by atoms with Crippen LogP contribution in [0.2, 0.25) is 0 Å². The van der Waals surface area contributed by atoms with Crippen molar-refractivity contribution in [3.05, 3.63) is 35.1 Å². The van der Waals surface area contributed by atoms with Crippen molar-refractivity contribution in [2.45, 2.75) is 70.7 Å². The molecule has 0 bridgehead atoms. The second-order valence-electron chi connectivity index (χ2n) is 7.87. The summed E-state index contributed by atoms with van der Waals surface area (Å²) in [7, 11) is 0. The van der Waals surface area contributed by atoms with E-state index in [9.17, 15) is 28.1 Å². The van der Waals surface area contributed by atoms with E-state index in [1.165, 1.54) is 6.07 Å². The Kier molecular flexibility index (Phi) is 7.20. The summed E-state index contributed by atoms with van der Waals surface area (Å²) < 4.78 is 64.8. The lowest BCUT2D eigenvalue weighted by molar-refractivity contribution is -0.0693. The molecule has 2 rings (SSSR count). The Hall–Kier alpha value is -2.94. The molecule has 1 aliphatic rings. The molecular formula is C21H22F4N2O3. The maximum absolute atomic E-state index is 12.7. The summed E-state index contributed by atoms with van der Waals surface area (Å²) in [6, 6.07) is 7.90. The first-order valence-corrected chi connectivity index (χ1v) is 9.26. The number of nitriles is 2. The minimum Gasteiger partial charge on any atom is -0.478 e. The molecule has 0 N–H and O–H groups in total. The van der Waals surface area contributed by atoms with E-state index in [4.69, 9.17) is 4.74 Å². The van der Waals surface area contributed by atoms with Gasteiger partial charge in [0.15, 0.2) is 17.3 Å². The monoisotopic (exact) mass is 426 g/mol. The maximum Gasteiger partial charge on any atom is 0.387 e. The fourth-order valence-electron chi connectivity index (χ4n) is 3.34. The number of hydrogen-bond acceptors (Lipinski definition) is 5. The van der Waals surface area contributed by atoms with Crippen molar-refractivity contribution in [2.24, 2.45) is 0 Å². The topological polar surface area (TPSA) is 75.3 Å². The fraction of sp³-hybridized carbons (Fsp3) is 0.524. The van der Waals surface area contributed by atoms with Gasteiger partial charge in [0.05, 0.1) is 11.5 Å². The summed E-state index contributed by atoms with van der Waals surface area (Å²) in [6.07, 6.45) is 1.40. The van der Waals surface area contributed by atoms with Crippen LogP contribution in [0.3, 0.4) is 0 Å².